The van der Waals surface area contributed by atoms with Crippen molar-refractivity contribution in [2.75, 3.05) is 52.5 Å². The van der Waals surface area contributed by atoms with Crippen molar-refractivity contribution in [3.8, 4) is 0 Å². The first-order chi connectivity index (χ1) is 14.1. The van der Waals surface area contributed by atoms with Gasteiger partial charge in [0.2, 0.25) is 5.91 Å². The lowest BCUT2D eigenvalue weighted by atomic mass is 10.1. The first-order valence-electron chi connectivity index (χ1n) is 10.2. The molecule has 0 radical (unpaired) electrons. The third-order valence-corrected chi connectivity index (χ3v) is 5.28. The molecule has 0 spiro atoms. The molecule has 2 aliphatic heterocycles. The number of ether oxygens (including phenoxy) is 1. The molecule has 3 rings (SSSR count). The molecule has 2 N–H and O–H groups in total. The zero-order chi connectivity index (χ0) is 20.5. The Morgan fingerprint density at radius 2 is 1.97 bits per heavy atom. The van der Waals surface area contributed by atoms with Crippen LogP contribution in [0.5, 0.6) is 0 Å². The molecular formula is C20H29N5O4. The zero-order valence-electron chi connectivity index (χ0n) is 16.6. The van der Waals surface area contributed by atoms with Gasteiger partial charge in [-0.2, -0.15) is 0 Å². The number of hydrogen-bond donors (Lipinski definition) is 2. The Kier molecular flexibility index (Phi) is 7.94. The van der Waals surface area contributed by atoms with Crippen LogP contribution in [-0.4, -0.2) is 85.0 Å². The lowest BCUT2D eigenvalue weighted by Gasteiger charge is -2.34. The Balaban J connectivity index is 1.43. The van der Waals surface area contributed by atoms with E-state index < -0.39 is 11.8 Å². The Morgan fingerprint density at radius 1 is 1.17 bits per heavy atom. The summed E-state index contributed by atoms with van der Waals surface area (Å²) in [5, 5.41) is 5.37. The van der Waals surface area contributed by atoms with Gasteiger partial charge in [-0.1, -0.05) is 6.07 Å². The van der Waals surface area contributed by atoms with Crippen molar-refractivity contribution in [3.05, 3.63) is 30.1 Å². The van der Waals surface area contributed by atoms with Gasteiger partial charge in [0, 0.05) is 58.1 Å². The summed E-state index contributed by atoms with van der Waals surface area (Å²) in [7, 11) is 0. The molecule has 0 aromatic carbocycles. The van der Waals surface area contributed by atoms with E-state index >= 15 is 0 Å². The first-order valence-corrected chi connectivity index (χ1v) is 10.2. The number of morpholine rings is 1. The summed E-state index contributed by atoms with van der Waals surface area (Å²) in [6.07, 6.45) is 5.63. The molecule has 0 aliphatic carbocycles. The second-order valence-electron chi connectivity index (χ2n) is 7.25. The van der Waals surface area contributed by atoms with Crippen LogP contribution in [-0.2, 0) is 19.1 Å². The average Bonchev–Trinajstić information content (AvgIpc) is 3.17. The number of rotatable bonds is 8. The first kappa shape index (κ1) is 21.2. The Morgan fingerprint density at radius 3 is 2.66 bits per heavy atom. The van der Waals surface area contributed by atoms with Crippen molar-refractivity contribution in [1.82, 2.24) is 25.4 Å². The third-order valence-electron chi connectivity index (χ3n) is 5.28. The van der Waals surface area contributed by atoms with E-state index in [1.807, 2.05) is 12.1 Å². The second kappa shape index (κ2) is 10.9. The van der Waals surface area contributed by atoms with Gasteiger partial charge in [0.15, 0.2) is 0 Å². The van der Waals surface area contributed by atoms with Crippen molar-refractivity contribution in [3.63, 3.8) is 0 Å². The SMILES string of the molecule is O=C(NCCCN1CCCC1=O)C(=O)NCC(c1cccnc1)N1CCOCC1. The van der Waals surface area contributed by atoms with Gasteiger partial charge < -0.3 is 20.3 Å². The van der Waals surface area contributed by atoms with Gasteiger partial charge in [0.05, 0.1) is 19.3 Å². The molecular weight excluding hydrogens is 374 g/mol. The minimum absolute atomic E-state index is 0.0643. The van der Waals surface area contributed by atoms with Crippen LogP contribution < -0.4 is 10.6 Å². The normalized spacial score (nSPS) is 18.5. The van der Waals surface area contributed by atoms with E-state index in [4.69, 9.17) is 4.74 Å². The molecule has 2 aliphatic rings. The quantitative estimate of drug-likeness (QED) is 0.456. The van der Waals surface area contributed by atoms with Crippen molar-refractivity contribution >= 4 is 17.7 Å². The van der Waals surface area contributed by atoms with Gasteiger partial charge in [0.25, 0.3) is 0 Å². The molecule has 158 valence electrons. The monoisotopic (exact) mass is 403 g/mol. The highest BCUT2D eigenvalue weighted by Gasteiger charge is 2.25. The van der Waals surface area contributed by atoms with Crippen LogP contribution in [0, 0.1) is 0 Å². The van der Waals surface area contributed by atoms with E-state index in [2.05, 4.69) is 20.5 Å². The number of carbonyl (C=O) groups excluding carboxylic acids is 3. The smallest absolute Gasteiger partial charge is 0.309 e. The summed E-state index contributed by atoms with van der Waals surface area (Å²) in [6.45, 7) is 4.89. The molecule has 0 bridgehead atoms. The van der Waals surface area contributed by atoms with Crippen molar-refractivity contribution in [2.24, 2.45) is 0 Å². The summed E-state index contributed by atoms with van der Waals surface area (Å²) in [4.78, 5) is 44.1. The van der Waals surface area contributed by atoms with Crippen LogP contribution in [0.15, 0.2) is 24.5 Å². The number of likely N-dealkylation sites (tertiary alicyclic amines) is 1. The summed E-state index contributed by atoms with van der Waals surface area (Å²) < 4.78 is 5.41. The van der Waals surface area contributed by atoms with Crippen LogP contribution in [0.25, 0.3) is 0 Å². The van der Waals surface area contributed by atoms with Crippen LogP contribution in [0.2, 0.25) is 0 Å². The third kappa shape index (κ3) is 6.23. The van der Waals surface area contributed by atoms with Gasteiger partial charge in [-0.15, -0.1) is 0 Å². The predicted octanol–water partition coefficient (Wildman–Crippen LogP) is -0.300. The van der Waals surface area contributed by atoms with Gasteiger partial charge in [-0.05, 0) is 24.5 Å². The summed E-state index contributed by atoms with van der Waals surface area (Å²) in [5.74, 6) is -1.13. The molecule has 1 unspecified atom stereocenters. The highest BCUT2D eigenvalue weighted by molar-refractivity contribution is 6.35. The summed E-state index contributed by atoms with van der Waals surface area (Å²) in [6, 6.07) is 3.77. The van der Waals surface area contributed by atoms with E-state index in [0.29, 0.717) is 45.7 Å². The van der Waals surface area contributed by atoms with Crippen molar-refractivity contribution < 1.29 is 19.1 Å². The molecule has 9 nitrogen and oxygen atoms in total. The zero-order valence-corrected chi connectivity index (χ0v) is 16.6. The number of nitrogens with one attached hydrogen (secondary N) is 2. The minimum atomic E-state index is -0.649. The van der Waals surface area contributed by atoms with Crippen LogP contribution >= 0.6 is 0 Å². The van der Waals surface area contributed by atoms with E-state index in [-0.39, 0.29) is 11.9 Å². The molecule has 1 aromatic heterocycles. The minimum Gasteiger partial charge on any atom is -0.379 e. The number of aromatic nitrogens is 1. The maximum atomic E-state index is 12.2. The fraction of sp³-hybridized carbons (Fsp3) is 0.600. The van der Waals surface area contributed by atoms with Crippen molar-refractivity contribution in [1.29, 1.82) is 0 Å². The summed E-state index contributed by atoms with van der Waals surface area (Å²) in [5.41, 5.74) is 0.991. The number of pyridine rings is 1. The van der Waals surface area contributed by atoms with Gasteiger partial charge in [0.1, 0.15) is 0 Å². The van der Waals surface area contributed by atoms with E-state index in [0.717, 1.165) is 31.6 Å². The number of hydrogen-bond acceptors (Lipinski definition) is 6. The molecule has 3 heterocycles. The van der Waals surface area contributed by atoms with Gasteiger partial charge in [-0.3, -0.25) is 24.3 Å². The standard InChI is InChI=1S/C20H29N5O4/c26-18-5-2-8-25(18)9-3-7-22-19(27)20(28)23-15-17(16-4-1-6-21-14-16)24-10-12-29-13-11-24/h1,4,6,14,17H,2-3,5,7-13,15H2,(H,22,27)(H,23,28). The highest BCUT2D eigenvalue weighted by Crippen LogP contribution is 2.20. The number of nitrogens with zero attached hydrogens (tertiary/aromatic N) is 3. The Bertz CT molecular complexity index is 693. The number of amides is 3. The fourth-order valence-electron chi connectivity index (χ4n) is 3.68. The number of carbonyl (C=O) groups is 3. The lowest BCUT2D eigenvalue weighted by molar-refractivity contribution is -0.139. The molecule has 2 saturated heterocycles. The average molecular weight is 403 g/mol. The molecule has 2 fully saturated rings. The molecule has 1 aromatic rings. The Labute approximate surface area is 170 Å². The lowest BCUT2D eigenvalue weighted by Crippen LogP contribution is -2.47. The van der Waals surface area contributed by atoms with Crippen molar-refractivity contribution in [2.45, 2.75) is 25.3 Å². The maximum absolute atomic E-state index is 12.2. The molecule has 0 saturated carbocycles. The molecule has 29 heavy (non-hydrogen) atoms. The summed E-state index contributed by atoms with van der Waals surface area (Å²) >= 11 is 0. The fourth-order valence-corrected chi connectivity index (χ4v) is 3.68. The van der Waals surface area contributed by atoms with Crippen LogP contribution in [0.4, 0.5) is 0 Å². The molecule has 9 heteroatoms. The predicted molar refractivity (Wildman–Crippen MR) is 106 cm³/mol. The second-order valence-corrected chi connectivity index (χ2v) is 7.25. The molecule has 1 atom stereocenters. The van der Waals surface area contributed by atoms with E-state index in [9.17, 15) is 14.4 Å². The van der Waals surface area contributed by atoms with Crippen LogP contribution in [0.3, 0.4) is 0 Å². The topological polar surface area (TPSA) is 104 Å². The van der Waals surface area contributed by atoms with Gasteiger partial charge in [-0.25, -0.2) is 0 Å². The van der Waals surface area contributed by atoms with Gasteiger partial charge >= 0.3 is 11.8 Å². The van der Waals surface area contributed by atoms with E-state index in [1.165, 1.54) is 0 Å². The molecule has 3 amide bonds. The van der Waals surface area contributed by atoms with E-state index in [1.54, 1.807) is 17.3 Å². The largest absolute Gasteiger partial charge is 0.379 e. The Hall–Kier alpha value is -2.52. The maximum Gasteiger partial charge on any atom is 0.309 e. The van der Waals surface area contributed by atoms with Crippen LogP contribution in [0.1, 0.15) is 30.9 Å². The highest BCUT2D eigenvalue weighted by atomic mass is 16.5.